The number of aryl methyl sites for hydroxylation is 1. The molecule has 2 rings (SSSR count). The molecule has 1 aromatic rings. The fraction of sp³-hybridized carbons (Fsp3) is 0.529. The van der Waals surface area contributed by atoms with Crippen molar-refractivity contribution < 1.29 is 19.1 Å². The van der Waals surface area contributed by atoms with E-state index in [2.05, 4.69) is 19.1 Å². The van der Waals surface area contributed by atoms with Gasteiger partial charge in [-0.3, -0.25) is 9.59 Å². The van der Waals surface area contributed by atoms with Gasteiger partial charge in [0.2, 0.25) is 0 Å². The number of hydrogen-bond donors (Lipinski definition) is 0. The Labute approximate surface area is 125 Å². The molecule has 0 amide bonds. The maximum atomic E-state index is 11.9. The molecule has 21 heavy (non-hydrogen) atoms. The second kappa shape index (κ2) is 6.74. The van der Waals surface area contributed by atoms with Crippen molar-refractivity contribution >= 4 is 11.9 Å². The second-order valence-corrected chi connectivity index (χ2v) is 5.70. The van der Waals surface area contributed by atoms with E-state index in [0.29, 0.717) is 6.42 Å². The second-order valence-electron chi connectivity index (χ2n) is 5.70. The van der Waals surface area contributed by atoms with Gasteiger partial charge in [-0.15, -0.1) is 0 Å². The highest BCUT2D eigenvalue weighted by Crippen LogP contribution is 2.41. The molecule has 0 radical (unpaired) electrons. The molecule has 1 fully saturated rings. The molecule has 0 heterocycles. The molecule has 1 aromatic carbocycles. The summed E-state index contributed by atoms with van der Waals surface area (Å²) in [6, 6.07) is 8.13. The molecule has 2 unspecified atom stereocenters. The first-order valence-electron chi connectivity index (χ1n) is 7.28. The largest absolute Gasteiger partial charge is 0.469 e. The molecule has 0 aliphatic heterocycles. The van der Waals surface area contributed by atoms with Gasteiger partial charge in [0, 0.05) is 0 Å². The van der Waals surface area contributed by atoms with Gasteiger partial charge in [0.25, 0.3) is 0 Å². The van der Waals surface area contributed by atoms with E-state index in [-0.39, 0.29) is 29.7 Å². The number of ether oxygens (including phenoxy) is 2. The van der Waals surface area contributed by atoms with Crippen LogP contribution >= 0.6 is 0 Å². The molecule has 2 atom stereocenters. The maximum Gasteiger partial charge on any atom is 0.308 e. The van der Waals surface area contributed by atoms with Gasteiger partial charge in [-0.05, 0) is 43.2 Å². The van der Waals surface area contributed by atoms with Crippen LogP contribution in [-0.4, -0.2) is 26.2 Å². The molecule has 0 spiro atoms. The number of hydrogen-bond acceptors (Lipinski definition) is 4. The minimum absolute atomic E-state index is 0.188. The highest BCUT2D eigenvalue weighted by Gasteiger charge is 2.38. The highest BCUT2D eigenvalue weighted by molar-refractivity contribution is 5.76. The number of rotatable bonds is 3. The Hall–Kier alpha value is -1.84. The summed E-state index contributed by atoms with van der Waals surface area (Å²) in [4.78, 5) is 23.8. The predicted molar refractivity (Wildman–Crippen MR) is 78.8 cm³/mol. The zero-order valence-electron chi connectivity index (χ0n) is 12.8. The standard InChI is InChI=1S/C17H22O4/c1-11-6-4-5-7-15(11)12-8-13(16(18)20-2)10-14(9-12)17(19)21-3/h4-7,12-14H,8-10H2,1-3H3. The van der Waals surface area contributed by atoms with Crippen molar-refractivity contribution in [1.29, 1.82) is 0 Å². The van der Waals surface area contributed by atoms with Gasteiger partial charge in [-0.2, -0.15) is 0 Å². The lowest BCUT2D eigenvalue weighted by atomic mass is 9.72. The van der Waals surface area contributed by atoms with Crippen LogP contribution in [0, 0.1) is 18.8 Å². The van der Waals surface area contributed by atoms with Crippen LogP contribution in [0.5, 0.6) is 0 Å². The summed E-state index contributed by atoms with van der Waals surface area (Å²) in [6.07, 6.45) is 1.97. The Balaban J connectivity index is 2.26. The van der Waals surface area contributed by atoms with Gasteiger partial charge in [0.15, 0.2) is 0 Å². The summed E-state index contributed by atoms with van der Waals surface area (Å²) in [5.41, 5.74) is 2.40. The van der Waals surface area contributed by atoms with Crippen LogP contribution < -0.4 is 0 Å². The summed E-state index contributed by atoms with van der Waals surface area (Å²) in [7, 11) is 2.79. The molecule has 1 aliphatic rings. The molecule has 0 bridgehead atoms. The van der Waals surface area contributed by atoms with Crippen LogP contribution in [0.2, 0.25) is 0 Å². The fourth-order valence-corrected chi connectivity index (χ4v) is 3.34. The van der Waals surface area contributed by atoms with Crippen molar-refractivity contribution in [3.05, 3.63) is 35.4 Å². The average Bonchev–Trinajstić information content (AvgIpc) is 2.53. The number of benzene rings is 1. The third-order valence-electron chi connectivity index (χ3n) is 4.40. The average molecular weight is 290 g/mol. The van der Waals surface area contributed by atoms with Gasteiger partial charge < -0.3 is 9.47 Å². The van der Waals surface area contributed by atoms with Crippen LogP contribution in [0.15, 0.2) is 24.3 Å². The third kappa shape index (κ3) is 3.43. The lowest BCUT2D eigenvalue weighted by Crippen LogP contribution is -2.32. The lowest BCUT2D eigenvalue weighted by Gasteiger charge is -2.33. The normalized spacial score (nSPS) is 25.2. The van der Waals surface area contributed by atoms with Crippen molar-refractivity contribution in [3.8, 4) is 0 Å². The van der Waals surface area contributed by atoms with E-state index in [0.717, 1.165) is 12.8 Å². The van der Waals surface area contributed by atoms with Crippen LogP contribution in [0.25, 0.3) is 0 Å². The lowest BCUT2D eigenvalue weighted by molar-refractivity contribution is -0.152. The van der Waals surface area contributed by atoms with Crippen molar-refractivity contribution in [2.45, 2.75) is 32.1 Å². The number of carbonyl (C=O) groups excluding carboxylic acids is 2. The first-order chi connectivity index (χ1) is 10.1. The quantitative estimate of drug-likeness (QED) is 0.803. The van der Waals surface area contributed by atoms with E-state index in [1.54, 1.807) is 0 Å². The minimum atomic E-state index is -0.238. The van der Waals surface area contributed by atoms with Gasteiger partial charge in [0.05, 0.1) is 26.1 Å². The molecule has 4 nitrogen and oxygen atoms in total. The Morgan fingerprint density at radius 2 is 1.48 bits per heavy atom. The van der Waals surface area contributed by atoms with Crippen molar-refractivity contribution in [3.63, 3.8) is 0 Å². The molecule has 1 saturated carbocycles. The Morgan fingerprint density at radius 1 is 0.952 bits per heavy atom. The molecule has 0 N–H and O–H groups in total. The Morgan fingerprint density at radius 3 is 1.95 bits per heavy atom. The zero-order chi connectivity index (χ0) is 15.4. The van der Waals surface area contributed by atoms with Crippen molar-refractivity contribution in [2.24, 2.45) is 11.8 Å². The number of methoxy groups -OCH3 is 2. The monoisotopic (exact) mass is 290 g/mol. The SMILES string of the molecule is COC(=O)C1CC(C(=O)OC)CC(c2ccccc2C)C1. The van der Waals surface area contributed by atoms with E-state index >= 15 is 0 Å². The van der Waals surface area contributed by atoms with Crippen molar-refractivity contribution in [2.75, 3.05) is 14.2 Å². The van der Waals surface area contributed by atoms with E-state index in [9.17, 15) is 9.59 Å². The van der Waals surface area contributed by atoms with E-state index in [1.807, 2.05) is 12.1 Å². The summed E-state index contributed by atoms with van der Waals surface area (Å²) >= 11 is 0. The predicted octanol–water partition coefficient (Wildman–Crippen LogP) is 2.84. The Kier molecular flexibility index (Phi) is 4.99. The molecule has 0 aromatic heterocycles. The van der Waals surface area contributed by atoms with Gasteiger partial charge in [0.1, 0.15) is 0 Å². The molecule has 114 valence electrons. The maximum absolute atomic E-state index is 11.9. The summed E-state index contributed by atoms with van der Waals surface area (Å²) in [5, 5.41) is 0. The van der Waals surface area contributed by atoms with Crippen LogP contribution in [0.3, 0.4) is 0 Å². The first-order valence-corrected chi connectivity index (χ1v) is 7.28. The smallest absolute Gasteiger partial charge is 0.308 e. The third-order valence-corrected chi connectivity index (χ3v) is 4.40. The number of carbonyl (C=O) groups is 2. The first kappa shape index (κ1) is 15.5. The molecule has 0 saturated heterocycles. The topological polar surface area (TPSA) is 52.6 Å². The molecule has 1 aliphatic carbocycles. The van der Waals surface area contributed by atoms with E-state index in [1.165, 1.54) is 25.3 Å². The fourth-order valence-electron chi connectivity index (χ4n) is 3.34. The Bertz CT molecular complexity index is 499. The summed E-state index contributed by atoms with van der Waals surface area (Å²) in [5.74, 6) is -0.757. The molecular formula is C17H22O4. The van der Waals surface area contributed by atoms with Crippen LogP contribution in [-0.2, 0) is 19.1 Å². The summed E-state index contributed by atoms with van der Waals surface area (Å²) in [6.45, 7) is 2.06. The molecule has 4 heteroatoms. The zero-order valence-corrected chi connectivity index (χ0v) is 12.8. The van der Waals surface area contributed by atoms with Crippen molar-refractivity contribution in [1.82, 2.24) is 0 Å². The number of esters is 2. The van der Waals surface area contributed by atoms with Crippen LogP contribution in [0.1, 0.15) is 36.3 Å². The van der Waals surface area contributed by atoms with Crippen LogP contribution in [0.4, 0.5) is 0 Å². The summed E-state index contributed by atoms with van der Waals surface area (Å²) < 4.78 is 9.75. The highest BCUT2D eigenvalue weighted by atomic mass is 16.5. The molecular weight excluding hydrogens is 268 g/mol. The van der Waals surface area contributed by atoms with E-state index < -0.39 is 0 Å². The van der Waals surface area contributed by atoms with Gasteiger partial charge in [-0.25, -0.2) is 0 Å². The van der Waals surface area contributed by atoms with Gasteiger partial charge in [-0.1, -0.05) is 24.3 Å². The van der Waals surface area contributed by atoms with Gasteiger partial charge >= 0.3 is 11.9 Å². The minimum Gasteiger partial charge on any atom is -0.469 e. The van der Waals surface area contributed by atoms with E-state index in [4.69, 9.17) is 9.47 Å².